The molecule has 0 spiro atoms. The number of benzene rings is 3. The van der Waals surface area contributed by atoms with E-state index < -0.39 is 0 Å². The van der Waals surface area contributed by atoms with E-state index in [1.54, 1.807) is 14.2 Å². The molecule has 0 bridgehead atoms. The van der Waals surface area contributed by atoms with Crippen molar-refractivity contribution in [2.24, 2.45) is 0 Å². The highest BCUT2D eigenvalue weighted by Crippen LogP contribution is 2.43. The van der Waals surface area contributed by atoms with Gasteiger partial charge in [0, 0.05) is 17.4 Å². The van der Waals surface area contributed by atoms with Crippen LogP contribution in [0.5, 0.6) is 23.0 Å². The fourth-order valence-corrected chi connectivity index (χ4v) is 5.18. The molecule has 0 atom stereocenters. The molecule has 3 heterocycles. The normalized spacial score (nSPS) is 13.5. The molecule has 0 fully saturated rings. The van der Waals surface area contributed by atoms with E-state index in [9.17, 15) is 0 Å². The van der Waals surface area contributed by atoms with E-state index >= 15 is 0 Å². The first-order valence-corrected chi connectivity index (χ1v) is 11.3. The largest absolute Gasteiger partial charge is 0.493 e. The van der Waals surface area contributed by atoms with Crippen LogP contribution in [0.3, 0.4) is 0 Å². The smallest absolute Gasteiger partial charge is 0.231 e. The van der Waals surface area contributed by atoms with E-state index in [1.165, 1.54) is 33.3 Å². The highest BCUT2D eigenvalue weighted by Gasteiger charge is 2.32. The molecule has 0 unspecified atom stereocenters. The molecule has 2 aliphatic rings. The third kappa shape index (κ3) is 3.27. The molecule has 5 nitrogen and oxygen atoms in total. The Hall–Kier alpha value is -3.73. The third-order valence-corrected chi connectivity index (χ3v) is 6.75. The summed E-state index contributed by atoms with van der Waals surface area (Å²) in [5.74, 6) is 3.20. The molecule has 0 saturated heterocycles. The standard InChI is InChI=1S/C28H26NO4/c1-30-24-11-10-20-21(9-8-18-6-4-3-5-7-18)27-22-15-26-25(32-17-33-26)14-19(22)12-13-29(27)16-23(20)28(24)31-2/h3-7,10-11,14-16H,8-9,12-13,17H2,1-2H3/q+1. The molecule has 4 aromatic rings. The van der Waals surface area contributed by atoms with Gasteiger partial charge in [-0.1, -0.05) is 30.3 Å². The number of rotatable bonds is 5. The molecule has 6 rings (SSSR count). The maximum atomic E-state index is 5.81. The number of pyridine rings is 1. The van der Waals surface area contributed by atoms with Crippen molar-refractivity contribution in [3.63, 3.8) is 0 Å². The summed E-state index contributed by atoms with van der Waals surface area (Å²) in [7, 11) is 3.39. The van der Waals surface area contributed by atoms with Gasteiger partial charge in [0.15, 0.2) is 35.7 Å². The van der Waals surface area contributed by atoms with Crippen LogP contribution < -0.4 is 23.5 Å². The van der Waals surface area contributed by atoms with Gasteiger partial charge in [-0.3, -0.25) is 0 Å². The molecule has 0 radical (unpaired) electrons. The molecule has 1 aromatic heterocycles. The van der Waals surface area contributed by atoms with Gasteiger partial charge in [-0.05, 0) is 48.2 Å². The second-order valence-corrected chi connectivity index (χ2v) is 8.51. The summed E-state index contributed by atoms with van der Waals surface area (Å²) in [4.78, 5) is 0. The molecular formula is C28H26NO4+. The summed E-state index contributed by atoms with van der Waals surface area (Å²) in [5, 5.41) is 2.27. The van der Waals surface area contributed by atoms with Crippen molar-refractivity contribution in [3.05, 3.63) is 77.5 Å². The van der Waals surface area contributed by atoms with Gasteiger partial charge in [0.05, 0.1) is 25.2 Å². The van der Waals surface area contributed by atoms with E-state index in [0.29, 0.717) is 0 Å². The zero-order valence-electron chi connectivity index (χ0n) is 18.9. The van der Waals surface area contributed by atoms with Crippen molar-refractivity contribution in [2.45, 2.75) is 25.8 Å². The molecule has 0 N–H and O–H groups in total. The lowest BCUT2D eigenvalue weighted by atomic mass is 9.89. The lowest BCUT2D eigenvalue weighted by Crippen LogP contribution is -2.41. The Bertz CT molecular complexity index is 1360. The molecule has 3 aromatic carbocycles. The third-order valence-electron chi connectivity index (χ3n) is 6.75. The molecule has 2 aliphatic heterocycles. The summed E-state index contributed by atoms with van der Waals surface area (Å²) >= 11 is 0. The predicted molar refractivity (Wildman–Crippen MR) is 126 cm³/mol. The topological polar surface area (TPSA) is 40.8 Å². The molecule has 166 valence electrons. The van der Waals surface area contributed by atoms with Gasteiger partial charge in [-0.15, -0.1) is 0 Å². The van der Waals surface area contributed by atoms with Crippen LogP contribution in [-0.2, 0) is 25.8 Å². The Labute approximate surface area is 193 Å². The molecule has 0 saturated carbocycles. The molecule has 0 amide bonds. The van der Waals surface area contributed by atoms with E-state index in [-0.39, 0.29) is 6.79 Å². The number of aryl methyl sites for hydroxylation is 4. The molecule has 33 heavy (non-hydrogen) atoms. The van der Waals surface area contributed by atoms with E-state index in [0.717, 1.165) is 54.2 Å². The van der Waals surface area contributed by atoms with Crippen molar-refractivity contribution in [2.75, 3.05) is 21.0 Å². The van der Waals surface area contributed by atoms with E-state index in [1.807, 2.05) is 6.07 Å². The van der Waals surface area contributed by atoms with Gasteiger partial charge in [-0.25, -0.2) is 0 Å². The van der Waals surface area contributed by atoms with Crippen LogP contribution in [-0.4, -0.2) is 21.0 Å². The fraction of sp³-hybridized carbons (Fsp3) is 0.250. The Morgan fingerprint density at radius 3 is 2.48 bits per heavy atom. The minimum atomic E-state index is 0.286. The number of nitrogens with zero attached hydrogens (tertiary/aromatic N) is 1. The van der Waals surface area contributed by atoms with Gasteiger partial charge >= 0.3 is 0 Å². The zero-order valence-corrected chi connectivity index (χ0v) is 18.9. The number of hydrogen-bond acceptors (Lipinski definition) is 4. The SMILES string of the molecule is COc1ccc2c(CCc3ccccc3)c3[n+](cc2c1OC)CCc1cc2c(cc1-3)OCO2. The van der Waals surface area contributed by atoms with Crippen molar-refractivity contribution in [3.8, 4) is 34.3 Å². The Morgan fingerprint density at radius 1 is 0.879 bits per heavy atom. The van der Waals surface area contributed by atoms with E-state index in [2.05, 4.69) is 59.3 Å². The van der Waals surface area contributed by atoms with Crippen LogP contribution in [0.4, 0.5) is 0 Å². The average Bonchev–Trinajstić information content (AvgIpc) is 3.32. The Balaban J connectivity index is 1.59. The Morgan fingerprint density at radius 2 is 1.70 bits per heavy atom. The van der Waals surface area contributed by atoms with Gasteiger partial charge < -0.3 is 18.9 Å². The number of fused-ring (bicyclic) bond motifs is 5. The zero-order chi connectivity index (χ0) is 22.4. The number of ether oxygens (including phenoxy) is 4. The predicted octanol–water partition coefficient (Wildman–Crippen LogP) is 4.88. The first-order valence-electron chi connectivity index (χ1n) is 11.3. The second-order valence-electron chi connectivity index (χ2n) is 8.51. The summed E-state index contributed by atoms with van der Waals surface area (Å²) < 4.78 is 25.2. The second kappa shape index (κ2) is 8.00. The average molecular weight is 441 g/mol. The molecule has 0 aliphatic carbocycles. The van der Waals surface area contributed by atoms with Crippen molar-refractivity contribution in [1.82, 2.24) is 0 Å². The first kappa shape index (κ1) is 19.9. The maximum Gasteiger partial charge on any atom is 0.231 e. The summed E-state index contributed by atoms with van der Waals surface area (Å²) in [6.07, 6.45) is 5.03. The molecular weight excluding hydrogens is 414 g/mol. The first-order chi connectivity index (χ1) is 16.3. The van der Waals surface area contributed by atoms with Gasteiger partial charge in [0.25, 0.3) is 0 Å². The summed E-state index contributed by atoms with van der Waals surface area (Å²) in [5.41, 5.74) is 6.43. The van der Waals surface area contributed by atoms with Crippen molar-refractivity contribution >= 4 is 10.8 Å². The van der Waals surface area contributed by atoms with Crippen LogP contribution in [0.15, 0.2) is 60.8 Å². The minimum Gasteiger partial charge on any atom is -0.493 e. The number of methoxy groups -OCH3 is 2. The molecule has 5 heteroatoms. The van der Waals surface area contributed by atoms with Crippen molar-refractivity contribution < 1.29 is 23.5 Å². The van der Waals surface area contributed by atoms with Gasteiger partial charge in [0.1, 0.15) is 0 Å². The van der Waals surface area contributed by atoms with Crippen LogP contribution in [0, 0.1) is 0 Å². The summed E-state index contributed by atoms with van der Waals surface area (Å²) in [6.45, 7) is 1.18. The minimum absolute atomic E-state index is 0.286. The van der Waals surface area contributed by atoms with Gasteiger partial charge in [-0.2, -0.15) is 4.57 Å². The monoisotopic (exact) mass is 440 g/mol. The fourth-order valence-electron chi connectivity index (χ4n) is 5.18. The Kier molecular flexibility index (Phi) is 4.83. The van der Waals surface area contributed by atoms with Crippen LogP contribution in [0.2, 0.25) is 0 Å². The maximum absolute atomic E-state index is 5.81. The highest BCUT2D eigenvalue weighted by molar-refractivity contribution is 5.95. The van der Waals surface area contributed by atoms with Crippen LogP contribution in [0.1, 0.15) is 16.7 Å². The number of aromatic nitrogens is 1. The highest BCUT2D eigenvalue weighted by atomic mass is 16.7. The quantitative estimate of drug-likeness (QED) is 0.415. The van der Waals surface area contributed by atoms with E-state index in [4.69, 9.17) is 18.9 Å². The lowest BCUT2D eigenvalue weighted by molar-refractivity contribution is -0.686. The van der Waals surface area contributed by atoms with Crippen molar-refractivity contribution in [1.29, 1.82) is 0 Å². The lowest BCUT2D eigenvalue weighted by Gasteiger charge is -2.21. The van der Waals surface area contributed by atoms with Crippen LogP contribution in [0.25, 0.3) is 22.0 Å². The summed E-state index contributed by atoms with van der Waals surface area (Å²) in [6, 6.07) is 19.1. The number of hydrogen-bond donors (Lipinski definition) is 0. The van der Waals surface area contributed by atoms with Gasteiger partial charge in [0.2, 0.25) is 12.5 Å². The van der Waals surface area contributed by atoms with Crippen LogP contribution >= 0.6 is 0 Å².